The van der Waals surface area contributed by atoms with Crippen molar-refractivity contribution in [1.82, 2.24) is 9.80 Å². The second kappa shape index (κ2) is 6.33. The summed E-state index contributed by atoms with van der Waals surface area (Å²) in [5.41, 5.74) is 6.62. The van der Waals surface area contributed by atoms with E-state index < -0.39 is 0 Å². The van der Waals surface area contributed by atoms with E-state index in [1.807, 2.05) is 0 Å². The molecule has 0 amide bonds. The van der Waals surface area contributed by atoms with Gasteiger partial charge in [0.1, 0.15) is 0 Å². The number of likely N-dealkylation sites (tertiary alicyclic amines) is 1. The average Bonchev–Trinajstić information content (AvgIpc) is 2.73. The number of hydrogen-bond donors (Lipinski definition) is 1. The Balaban J connectivity index is 1.53. The summed E-state index contributed by atoms with van der Waals surface area (Å²) in [4.78, 5) is 5.39. The molecule has 1 saturated carbocycles. The summed E-state index contributed by atoms with van der Waals surface area (Å²) in [6.07, 6.45) is 12.6. The normalized spacial score (nSPS) is 35.1. The summed E-state index contributed by atoms with van der Waals surface area (Å²) in [5, 5.41) is 0. The van der Waals surface area contributed by atoms with E-state index in [4.69, 9.17) is 5.73 Å². The van der Waals surface area contributed by atoms with Gasteiger partial charge in [-0.2, -0.15) is 0 Å². The van der Waals surface area contributed by atoms with Crippen LogP contribution in [0.2, 0.25) is 0 Å². The first-order chi connectivity index (χ1) is 9.72. The fourth-order valence-electron chi connectivity index (χ4n) is 4.84. The predicted octanol–water partition coefficient (Wildman–Crippen LogP) is 2.45. The molecule has 0 radical (unpaired) electrons. The third-order valence-corrected chi connectivity index (χ3v) is 6.54. The van der Waals surface area contributed by atoms with Gasteiger partial charge in [-0.05, 0) is 70.6 Å². The van der Waals surface area contributed by atoms with E-state index in [1.54, 1.807) is 0 Å². The molecule has 2 atom stereocenters. The Morgan fingerprint density at radius 1 is 1.05 bits per heavy atom. The van der Waals surface area contributed by atoms with Gasteiger partial charge in [-0.1, -0.05) is 19.3 Å². The van der Waals surface area contributed by atoms with Crippen LogP contribution in [0.1, 0.15) is 57.8 Å². The standard InChI is InChI=1S/C17H33N3/c1-19-15-5-6-16(19)13-20(11-7-15)12-10-17(14-18)8-3-2-4-9-17/h15-16H,2-14,18H2,1H3. The van der Waals surface area contributed by atoms with Gasteiger partial charge in [-0.15, -0.1) is 0 Å². The third kappa shape index (κ3) is 3.05. The zero-order valence-corrected chi connectivity index (χ0v) is 13.3. The van der Waals surface area contributed by atoms with Crippen molar-refractivity contribution in [1.29, 1.82) is 0 Å². The molecular weight excluding hydrogens is 246 g/mol. The van der Waals surface area contributed by atoms with Crippen LogP contribution in [0.25, 0.3) is 0 Å². The van der Waals surface area contributed by atoms with Crippen LogP contribution < -0.4 is 5.73 Å². The second-order valence-electron chi connectivity index (χ2n) is 7.65. The number of likely N-dealkylation sites (N-methyl/N-ethyl adjacent to an activating group) is 1. The molecule has 2 N–H and O–H groups in total. The summed E-state index contributed by atoms with van der Waals surface area (Å²) in [6, 6.07) is 1.69. The van der Waals surface area contributed by atoms with E-state index in [9.17, 15) is 0 Å². The van der Waals surface area contributed by atoms with Crippen molar-refractivity contribution >= 4 is 0 Å². The number of nitrogens with two attached hydrogens (primary N) is 1. The molecule has 0 spiro atoms. The lowest BCUT2D eigenvalue weighted by molar-refractivity contribution is 0.140. The van der Waals surface area contributed by atoms with E-state index in [-0.39, 0.29) is 0 Å². The van der Waals surface area contributed by atoms with Crippen LogP contribution >= 0.6 is 0 Å². The summed E-state index contributed by atoms with van der Waals surface area (Å²) in [5.74, 6) is 0. The van der Waals surface area contributed by atoms with Gasteiger partial charge >= 0.3 is 0 Å². The van der Waals surface area contributed by atoms with Gasteiger partial charge < -0.3 is 10.6 Å². The van der Waals surface area contributed by atoms with Crippen LogP contribution in [-0.4, -0.2) is 55.1 Å². The van der Waals surface area contributed by atoms with Crippen LogP contribution in [0.3, 0.4) is 0 Å². The van der Waals surface area contributed by atoms with Crippen LogP contribution in [0.5, 0.6) is 0 Å². The van der Waals surface area contributed by atoms with E-state index in [0.29, 0.717) is 5.41 Å². The van der Waals surface area contributed by atoms with Crippen molar-refractivity contribution in [2.75, 3.05) is 33.2 Å². The summed E-state index contributed by atoms with van der Waals surface area (Å²) >= 11 is 0. The fourth-order valence-corrected chi connectivity index (χ4v) is 4.84. The first-order valence-corrected chi connectivity index (χ1v) is 8.87. The Kier molecular flexibility index (Phi) is 4.68. The van der Waals surface area contributed by atoms with Gasteiger partial charge in [0, 0.05) is 18.6 Å². The van der Waals surface area contributed by atoms with Crippen molar-refractivity contribution in [3.63, 3.8) is 0 Å². The molecule has 0 aromatic carbocycles. The molecule has 2 heterocycles. The van der Waals surface area contributed by atoms with E-state index in [0.717, 1.165) is 18.6 Å². The minimum absolute atomic E-state index is 0.482. The average molecular weight is 279 g/mol. The van der Waals surface area contributed by atoms with Gasteiger partial charge in [0.25, 0.3) is 0 Å². The molecule has 20 heavy (non-hydrogen) atoms. The molecule has 1 aliphatic carbocycles. The Labute approximate surface area is 124 Å². The first kappa shape index (κ1) is 14.8. The maximum absolute atomic E-state index is 6.14. The molecule has 2 bridgehead atoms. The molecule has 3 fully saturated rings. The Bertz CT molecular complexity index is 311. The lowest BCUT2D eigenvalue weighted by Gasteiger charge is -2.38. The Hall–Kier alpha value is -0.120. The van der Waals surface area contributed by atoms with Gasteiger partial charge in [0.2, 0.25) is 0 Å². The van der Waals surface area contributed by atoms with Crippen molar-refractivity contribution in [2.24, 2.45) is 11.1 Å². The smallest absolute Gasteiger partial charge is 0.0223 e. The highest BCUT2D eigenvalue weighted by molar-refractivity contribution is 4.92. The fraction of sp³-hybridized carbons (Fsp3) is 1.00. The van der Waals surface area contributed by atoms with Crippen LogP contribution in [0.15, 0.2) is 0 Å². The van der Waals surface area contributed by atoms with Crippen molar-refractivity contribution < 1.29 is 0 Å². The zero-order valence-electron chi connectivity index (χ0n) is 13.3. The molecule has 116 valence electrons. The van der Waals surface area contributed by atoms with E-state index in [1.165, 1.54) is 77.4 Å². The number of fused-ring (bicyclic) bond motifs is 2. The summed E-state index contributed by atoms with van der Waals surface area (Å²) in [7, 11) is 2.34. The van der Waals surface area contributed by atoms with Crippen LogP contribution in [-0.2, 0) is 0 Å². The molecule has 2 unspecified atom stereocenters. The lowest BCUT2D eigenvalue weighted by atomic mass is 9.72. The summed E-state index contributed by atoms with van der Waals surface area (Å²) < 4.78 is 0. The minimum atomic E-state index is 0.482. The van der Waals surface area contributed by atoms with Gasteiger partial charge in [0.05, 0.1) is 0 Å². The maximum Gasteiger partial charge on any atom is 0.0223 e. The number of nitrogens with zero attached hydrogens (tertiary/aromatic N) is 2. The molecular formula is C17H33N3. The van der Waals surface area contributed by atoms with Crippen LogP contribution in [0, 0.1) is 5.41 Å². The largest absolute Gasteiger partial charge is 0.330 e. The molecule has 3 rings (SSSR count). The molecule has 0 aromatic rings. The number of rotatable bonds is 4. The highest BCUT2D eigenvalue weighted by atomic mass is 15.3. The van der Waals surface area contributed by atoms with E-state index in [2.05, 4.69) is 16.8 Å². The lowest BCUT2D eigenvalue weighted by Crippen LogP contribution is -2.40. The molecule has 2 saturated heterocycles. The third-order valence-electron chi connectivity index (χ3n) is 6.54. The van der Waals surface area contributed by atoms with Gasteiger partial charge in [0.15, 0.2) is 0 Å². The molecule has 3 heteroatoms. The van der Waals surface area contributed by atoms with Gasteiger partial charge in [-0.25, -0.2) is 0 Å². The second-order valence-corrected chi connectivity index (χ2v) is 7.65. The quantitative estimate of drug-likeness (QED) is 0.858. The van der Waals surface area contributed by atoms with Crippen molar-refractivity contribution in [3.8, 4) is 0 Å². The SMILES string of the molecule is CN1C2CCC1CN(CCC1(CN)CCCCC1)CC2. The topological polar surface area (TPSA) is 32.5 Å². The highest BCUT2D eigenvalue weighted by Gasteiger charge is 2.36. The monoisotopic (exact) mass is 279 g/mol. The predicted molar refractivity (Wildman–Crippen MR) is 84.8 cm³/mol. The zero-order chi connectivity index (χ0) is 14.0. The molecule has 2 aliphatic heterocycles. The molecule has 3 nitrogen and oxygen atoms in total. The first-order valence-electron chi connectivity index (χ1n) is 8.87. The maximum atomic E-state index is 6.14. The molecule has 0 aromatic heterocycles. The van der Waals surface area contributed by atoms with Crippen molar-refractivity contribution in [3.05, 3.63) is 0 Å². The van der Waals surface area contributed by atoms with Crippen LogP contribution in [0.4, 0.5) is 0 Å². The highest BCUT2D eigenvalue weighted by Crippen LogP contribution is 2.39. The molecule has 3 aliphatic rings. The summed E-state index contributed by atoms with van der Waals surface area (Å²) in [6.45, 7) is 4.81. The van der Waals surface area contributed by atoms with Gasteiger partial charge in [-0.3, -0.25) is 4.90 Å². The number of hydrogen-bond acceptors (Lipinski definition) is 3. The van der Waals surface area contributed by atoms with Crippen molar-refractivity contribution in [2.45, 2.75) is 69.9 Å². The minimum Gasteiger partial charge on any atom is -0.330 e. The Morgan fingerprint density at radius 3 is 2.55 bits per heavy atom. The Morgan fingerprint density at radius 2 is 1.80 bits per heavy atom. The van der Waals surface area contributed by atoms with E-state index >= 15 is 0 Å².